The number of hydrogen-bond acceptors (Lipinski definition) is 3. The average molecular weight is 351 g/mol. The Kier molecular flexibility index (Phi) is 5.40. The molecule has 0 unspecified atom stereocenters. The molecule has 1 fully saturated rings. The Morgan fingerprint density at radius 2 is 1.96 bits per heavy atom. The number of halogens is 1. The van der Waals surface area contributed by atoms with Crippen molar-refractivity contribution >= 4 is 12.1 Å². The van der Waals surface area contributed by atoms with Crippen molar-refractivity contribution in [3.8, 4) is 0 Å². The summed E-state index contributed by atoms with van der Waals surface area (Å²) in [4.78, 5) is 25.4. The Morgan fingerprint density at radius 1 is 1.36 bits per heavy atom. The second-order valence-corrected chi connectivity index (χ2v) is 7.75. The van der Waals surface area contributed by atoms with Gasteiger partial charge in [-0.1, -0.05) is 32.9 Å². The van der Waals surface area contributed by atoms with Gasteiger partial charge in [-0.3, -0.25) is 4.79 Å². The summed E-state index contributed by atoms with van der Waals surface area (Å²) in [6.45, 7) is 8.60. The fourth-order valence-electron chi connectivity index (χ4n) is 3.07. The van der Waals surface area contributed by atoms with E-state index in [1.165, 1.54) is 12.1 Å². The van der Waals surface area contributed by atoms with Crippen molar-refractivity contribution in [3.05, 3.63) is 35.6 Å². The van der Waals surface area contributed by atoms with Gasteiger partial charge in [-0.25, -0.2) is 9.18 Å². The molecule has 1 heterocycles. The van der Waals surface area contributed by atoms with Gasteiger partial charge in [0.2, 0.25) is 0 Å². The Balaban J connectivity index is 2.28. The molecule has 0 radical (unpaired) electrons. The van der Waals surface area contributed by atoms with Crippen LogP contribution in [0.15, 0.2) is 24.3 Å². The summed E-state index contributed by atoms with van der Waals surface area (Å²) in [6.07, 6.45) is 0.0537. The number of aliphatic carboxylic acids is 1. The number of carbonyl (C=O) groups excluding carboxylic acids is 1. The summed E-state index contributed by atoms with van der Waals surface area (Å²) in [5.41, 5.74) is -0.501. The molecule has 1 aliphatic rings. The minimum atomic E-state index is -1.03. The molecule has 25 heavy (non-hydrogen) atoms. The lowest BCUT2D eigenvalue weighted by molar-refractivity contribution is -0.140. The molecule has 1 saturated heterocycles. The highest BCUT2D eigenvalue weighted by Gasteiger charge is 2.45. The fourth-order valence-corrected chi connectivity index (χ4v) is 3.07. The van der Waals surface area contributed by atoms with Crippen LogP contribution in [0.2, 0.25) is 0 Å². The van der Waals surface area contributed by atoms with E-state index in [-0.39, 0.29) is 30.1 Å². The number of rotatable bonds is 5. The van der Waals surface area contributed by atoms with Crippen LogP contribution in [0.5, 0.6) is 0 Å². The third-order valence-electron chi connectivity index (χ3n) is 5.11. The predicted octanol–water partition coefficient (Wildman–Crippen LogP) is 4.16. The highest BCUT2D eigenvalue weighted by atomic mass is 19.1. The summed E-state index contributed by atoms with van der Waals surface area (Å²) < 4.78 is 19.0. The van der Waals surface area contributed by atoms with Gasteiger partial charge in [0.25, 0.3) is 0 Å². The van der Waals surface area contributed by atoms with E-state index < -0.39 is 17.7 Å². The number of amides is 1. The van der Waals surface area contributed by atoms with Crippen molar-refractivity contribution < 1.29 is 23.8 Å². The van der Waals surface area contributed by atoms with Crippen LogP contribution in [-0.2, 0) is 15.1 Å². The first-order valence-corrected chi connectivity index (χ1v) is 8.53. The van der Waals surface area contributed by atoms with E-state index in [1.807, 2.05) is 6.92 Å². The lowest BCUT2D eigenvalue weighted by Crippen LogP contribution is -2.54. The summed E-state index contributed by atoms with van der Waals surface area (Å²) >= 11 is 0. The maximum absolute atomic E-state index is 13.3. The molecule has 1 amide bonds. The second kappa shape index (κ2) is 7.02. The molecule has 1 aromatic rings. The zero-order chi connectivity index (χ0) is 18.8. The smallest absolute Gasteiger partial charge is 0.410 e. The van der Waals surface area contributed by atoms with E-state index in [0.717, 1.165) is 0 Å². The number of hydrogen-bond donors (Lipinski definition) is 1. The van der Waals surface area contributed by atoms with Crippen molar-refractivity contribution in [2.24, 2.45) is 5.41 Å². The highest BCUT2D eigenvalue weighted by molar-refractivity contribution is 5.70. The molecule has 0 aromatic heterocycles. The monoisotopic (exact) mass is 351 g/mol. The summed E-state index contributed by atoms with van der Waals surface area (Å²) in [7, 11) is 0. The number of carbonyl (C=O) groups is 2. The zero-order valence-corrected chi connectivity index (χ0v) is 15.2. The maximum atomic E-state index is 13.3. The molecular weight excluding hydrogens is 325 g/mol. The molecule has 2 atom stereocenters. The van der Waals surface area contributed by atoms with Crippen LogP contribution in [0.1, 0.15) is 52.5 Å². The van der Waals surface area contributed by atoms with Crippen molar-refractivity contribution in [2.45, 2.75) is 58.6 Å². The van der Waals surface area contributed by atoms with Crippen LogP contribution in [0.25, 0.3) is 0 Å². The van der Waals surface area contributed by atoms with Crippen LogP contribution in [0.3, 0.4) is 0 Å². The first-order valence-electron chi connectivity index (χ1n) is 8.53. The Morgan fingerprint density at radius 3 is 2.44 bits per heavy atom. The molecular formula is C19H26FNO4. The molecule has 1 N–H and O–H groups in total. The van der Waals surface area contributed by atoms with Gasteiger partial charge < -0.3 is 14.7 Å². The minimum Gasteiger partial charge on any atom is -0.481 e. The molecule has 6 heteroatoms. The van der Waals surface area contributed by atoms with Crippen molar-refractivity contribution in [1.29, 1.82) is 0 Å². The first-order chi connectivity index (χ1) is 11.5. The van der Waals surface area contributed by atoms with Crippen LogP contribution < -0.4 is 0 Å². The van der Waals surface area contributed by atoms with Crippen LogP contribution >= 0.6 is 0 Å². The van der Waals surface area contributed by atoms with E-state index in [2.05, 4.69) is 20.8 Å². The van der Waals surface area contributed by atoms with Gasteiger partial charge in [0.15, 0.2) is 0 Å². The van der Waals surface area contributed by atoms with E-state index in [4.69, 9.17) is 9.84 Å². The van der Waals surface area contributed by atoms with E-state index in [1.54, 1.807) is 17.0 Å². The Bertz CT molecular complexity index is 638. The van der Waals surface area contributed by atoms with Gasteiger partial charge in [-0.2, -0.15) is 0 Å². The summed E-state index contributed by atoms with van der Waals surface area (Å²) in [5, 5.41) is 9.05. The lowest BCUT2D eigenvalue weighted by atomic mass is 9.82. The number of carboxylic acids is 1. The lowest BCUT2D eigenvalue weighted by Gasteiger charge is -2.46. The minimum absolute atomic E-state index is 0.0225. The Hall–Kier alpha value is -2.11. The first kappa shape index (κ1) is 19.2. The molecule has 0 bridgehead atoms. The normalized spacial score (nSPS) is 22.4. The molecule has 2 rings (SSSR count). The molecule has 0 saturated carbocycles. The van der Waals surface area contributed by atoms with Crippen LogP contribution in [0.4, 0.5) is 9.18 Å². The topological polar surface area (TPSA) is 66.8 Å². The third kappa shape index (κ3) is 4.30. The SMILES string of the molecule is C[C@H](N1CC[C@](CCC(=O)O)(c2ccc(F)cc2)OC1=O)C(C)(C)C. The van der Waals surface area contributed by atoms with Crippen molar-refractivity contribution in [1.82, 2.24) is 4.90 Å². The maximum Gasteiger partial charge on any atom is 0.410 e. The summed E-state index contributed by atoms with van der Waals surface area (Å²) in [6, 6.07) is 5.71. The third-order valence-corrected chi connectivity index (χ3v) is 5.11. The fraction of sp³-hybridized carbons (Fsp3) is 0.579. The van der Waals surface area contributed by atoms with Gasteiger partial charge in [0, 0.05) is 31.8 Å². The molecule has 0 spiro atoms. The van der Waals surface area contributed by atoms with Crippen LogP contribution in [-0.4, -0.2) is 34.7 Å². The standard InChI is InChI=1S/C19H26FNO4/c1-13(18(2,3)4)21-12-11-19(25-17(21)24,10-9-16(22)23)14-5-7-15(20)8-6-14/h5-8,13H,9-12H2,1-4H3,(H,22,23)/t13-,19+/m0/s1. The number of benzene rings is 1. The molecule has 0 aliphatic carbocycles. The van der Waals surface area contributed by atoms with Crippen molar-refractivity contribution in [3.63, 3.8) is 0 Å². The number of carboxylic acid groups (broad SMARTS) is 1. The average Bonchev–Trinajstić information content (AvgIpc) is 2.52. The molecule has 1 aliphatic heterocycles. The van der Waals surface area contributed by atoms with E-state index in [9.17, 15) is 14.0 Å². The van der Waals surface area contributed by atoms with Gasteiger partial charge in [-0.15, -0.1) is 0 Å². The number of nitrogens with zero attached hydrogens (tertiary/aromatic N) is 1. The Labute approximate surface area is 147 Å². The molecule has 138 valence electrons. The van der Waals surface area contributed by atoms with Gasteiger partial charge >= 0.3 is 12.1 Å². The summed E-state index contributed by atoms with van der Waals surface area (Å²) in [5.74, 6) is -1.34. The molecule has 5 nitrogen and oxygen atoms in total. The predicted molar refractivity (Wildman–Crippen MR) is 91.7 cm³/mol. The largest absolute Gasteiger partial charge is 0.481 e. The number of cyclic esters (lactones) is 1. The van der Waals surface area contributed by atoms with Crippen molar-refractivity contribution in [2.75, 3.05) is 6.54 Å². The van der Waals surface area contributed by atoms with Gasteiger partial charge in [0.05, 0.1) is 0 Å². The van der Waals surface area contributed by atoms with E-state index in [0.29, 0.717) is 18.5 Å². The highest BCUT2D eigenvalue weighted by Crippen LogP contribution is 2.40. The van der Waals surface area contributed by atoms with Gasteiger partial charge in [-0.05, 0) is 30.0 Å². The second-order valence-electron chi connectivity index (χ2n) is 7.75. The molecule has 1 aromatic carbocycles. The zero-order valence-electron chi connectivity index (χ0n) is 15.2. The number of ether oxygens (including phenoxy) is 1. The van der Waals surface area contributed by atoms with E-state index >= 15 is 0 Å². The van der Waals surface area contributed by atoms with Gasteiger partial charge in [0.1, 0.15) is 11.4 Å². The quantitative estimate of drug-likeness (QED) is 0.865. The van der Waals surface area contributed by atoms with Crippen LogP contribution in [0, 0.1) is 11.2 Å².